The van der Waals surface area contributed by atoms with Crippen molar-refractivity contribution < 1.29 is 104 Å². The van der Waals surface area contributed by atoms with Crippen LogP contribution in [0.1, 0.15) is 207 Å². The Morgan fingerprint density at radius 3 is 1.64 bits per heavy atom. The number of allylic oxidation sites excluding steroid dienone is 5. The van der Waals surface area contributed by atoms with Crippen LogP contribution in [0.5, 0.6) is 0 Å². The zero-order valence-corrected chi connectivity index (χ0v) is 51.7. The second-order valence-electron chi connectivity index (χ2n) is 23.6. The highest BCUT2D eigenvalue weighted by Gasteiger charge is 2.60. The van der Waals surface area contributed by atoms with Crippen molar-refractivity contribution in [1.82, 2.24) is 10.6 Å². The SMILES string of the molecule is CCCCCCCC/C=C\C/C=C\CCC(=O)NC(COC1OC(CO)C(OC2OC(CO)C(O)C(OC3(C(=O)O)CC(O)C(NC(C)=O)C(C(O)C(O)CO)O3)C2O)C(O)C1O)C(O)/C=C/CCCCCCCCCCCCCCCCCCC. The van der Waals surface area contributed by atoms with E-state index in [2.05, 4.69) is 36.6 Å². The van der Waals surface area contributed by atoms with Gasteiger partial charge in [-0.25, -0.2) is 4.79 Å². The van der Waals surface area contributed by atoms with E-state index in [1.165, 1.54) is 122 Å². The summed E-state index contributed by atoms with van der Waals surface area (Å²) in [6, 6.07) is -2.65. The quantitative estimate of drug-likeness (QED) is 0.0299. The number of carbonyl (C=O) groups is 3. The van der Waals surface area contributed by atoms with Crippen LogP contribution in [0.4, 0.5) is 0 Å². The Balaban J connectivity index is 1.65. The number of carboxylic acid groups (broad SMARTS) is 1. The number of nitrogens with one attached hydrogen (secondary N) is 2. The fraction of sp³-hybridized carbons (Fsp3) is 0.857. The van der Waals surface area contributed by atoms with Gasteiger partial charge in [-0.05, 0) is 38.5 Å². The minimum atomic E-state index is -3.08. The van der Waals surface area contributed by atoms with E-state index in [1.807, 2.05) is 18.2 Å². The first-order valence-electron chi connectivity index (χ1n) is 32.4. The first-order chi connectivity index (χ1) is 41.4. The zero-order chi connectivity index (χ0) is 63.3. The van der Waals surface area contributed by atoms with Gasteiger partial charge in [-0.1, -0.05) is 185 Å². The lowest BCUT2D eigenvalue weighted by molar-refractivity contribution is -0.386. The molecule has 14 N–H and O–H groups in total. The first kappa shape index (κ1) is 77.2. The van der Waals surface area contributed by atoms with Gasteiger partial charge in [0, 0.05) is 19.8 Å². The molecular formula is C63H112N2O21. The summed E-state index contributed by atoms with van der Waals surface area (Å²) in [6.07, 6.45) is 13.7. The second kappa shape index (κ2) is 44.4. The Bertz CT molecular complexity index is 1900. The summed E-state index contributed by atoms with van der Waals surface area (Å²) in [5, 5.41) is 136. The van der Waals surface area contributed by atoms with Crippen LogP contribution in [-0.4, -0.2) is 215 Å². The molecule has 18 atom stereocenters. The molecule has 0 aromatic carbocycles. The van der Waals surface area contributed by atoms with Gasteiger partial charge in [0.2, 0.25) is 11.8 Å². The minimum absolute atomic E-state index is 0.0932. The lowest BCUT2D eigenvalue weighted by Crippen LogP contribution is -2.70. The number of hydrogen-bond donors (Lipinski definition) is 14. The molecule has 2 amide bonds. The molecule has 3 fully saturated rings. The third-order valence-corrected chi connectivity index (χ3v) is 16.3. The number of amides is 2. The smallest absolute Gasteiger partial charge is 0.364 e. The van der Waals surface area contributed by atoms with Crippen molar-refractivity contribution in [3.05, 3.63) is 36.5 Å². The summed E-state index contributed by atoms with van der Waals surface area (Å²) in [7, 11) is 0. The highest BCUT2D eigenvalue weighted by atomic mass is 16.8. The van der Waals surface area contributed by atoms with Crippen molar-refractivity contribution in [2.45, 2.75) is 317 Å². The number of aliphatic hydroxyl groups excluding tert-OH is 11. The molecule has 3 aliphatic heterocycles. The summed E-state index contributed by atoms with van der Waals surface area (Å²) in [5.41, 5.74) is 0. The molecule has 0 aromatic heterocycles. The van der Waals surface area contributed by atoms with Gasteiger partial charge in [0.15, 0.2) is 12.6 Å². The van der Waals surface area contributed by atoms with Crippen LogP contribution in [0.2, 0.25) is 0 Å². The molecule has 0 aromatic rings. The fourth-order valence-electron chi connectivity index (χ4n) is 11.1. The maximum atomic E-state index is 13.3. The van der Waals surface area contributed by atoms with Crippen LogP contribution in [0, 0.1) is 0 Å². The maximum Gasteiger partial charge on any atom is 0.364 e. The Kier molecular flexibility index (Phi) is 39.9. The topological polar surface area (TPSA) is 373 Å². The predicted octanol–water partition coefficient (Wildman–Crippen LogP) is 4.28. The number of hydrogen-bond acceptors (Lipinski definition) is 20. The highest BCUT2D eigenvalue weighted by Crippen LogP contribution is 2.38. The van der Waals surface area contributed by atoms with Gasteiger partial charge in [-0.15, -0.1) is 0 Å². The third kappa shape index (κ3) is 27.6. The van der Waals surface area contributed by atoms with Crippen LogP contribution in [0.3, 0.4) is 0 Å². The van der Waals surface area contributed by atoms with Crippen LogP contribution >= 0.6 is 0 Å². The second-order valence-corrected chi connectivity index (χ2v) is 23.6. The van der Waals surface area contributed by atoms with Gasteiger partial charge in [0.25, 0.3) is 5.79 Å². The molecule has 3 aliphatic rings. The number of rotatable bonds is 47. The molecule has 86 heavy (non-hydrogen) atoms. The Hall–Kier alpha value is -3.05. The van der Waals surface area contributed by atoms with Crippen molar-refractivity contribution in [3.8, 4) is 0 Å². The molecule has 500 valence electrons. The highest BCUT2D eigenvalue weighted by molar-refractivity contribution is 5.77. The van der Waals surface area contributed by atoms with Gasteiger partial charge < -0.3 is 100 Å². The molecule has 3 saturated heterocycles. The average molecular weight is 1230 g/mol. The summed E-state index contributed by atoms with van der Waals surface area (Å²) in [5.74, 6) is -6.22. The number of carboxylic acids is 1. The molecule has 0 bridgehead atoms. The Morgan fingerprint density at radius 2 is 1.13 bits per heavy atom. The van der Waals surface area contributed by atoms with Crippen molar-refractivity contribution in [3.63, 3.8) is 0 Å². The lowest BCUT2D eigenvalue weighted by atomic mass is 9.88. The molecule has 3 heterocycles. The van der Waals surface area contributed by atoms with E-state index in [4.69, 9.17) is 28.4 Å². The number of aliphatic hydroxyl groups is 11. The number of ether oxygens (including phenoxy) is 6. The molecular weight excluding hydrogens is 1120 g/mol. The molecule has 0 aliphatic carbocycles. The third-order valence-electron chi connectivity index (χ3n) is 16.3. The minimum Gasteiger partial charge on any atom is -0.477 e. The van der Waals surface area contributed by atoms with Crippen LogP contribution in [-0.2, 0) is 42.8 Å². The fourth-order valence-corrected chi connectivity index (χ4v) is 11.1. The lowest BCUT2D eigenvalue weighted by Gasteiger charge is -2.50. The van der Waals surface area contributed by atoms with Gasteiger partial charge in [-0.3, -0.25) is 9.59 Å². The molecule has 0 radical (unpaired) electrons. The molecule has 3 rings (SSSR count). The summed E-state index contributed by atoms with van der Waals surface area (Å²) in [4.78, 5) is 38.4. The summed E-state index contributed by atoms with van der Waals surface area (Å²) in [6.45, 7) is 2.06. The van der Waals surface area contributed by atoms with Crippen molar-refractivity contribution >= 4 is 17.8 Å². The normalized spacial score (nSPS) is 29.6. The van der Waals surface area contributed by atoms with Gasteiger partial charge in [0.05, 0.1) is 50.7 Å². The standard InChI is InChI=1S/C63H112N2O21/c1-4-6-8-10-12-14-16-18-19-20-21-22-23-25-26-28-30-32-34-36-45(70)44(65-50(73)37-35-33-31-29-27-24-17-15-13-11-9-7-5-2)42-81-60-55(77)54(76)57(49(41-68)83-60)84-61-56(78)59(53(75)48(40-67)82-61)86-63(62(79)80)38-46(71)51(64-43(3)69)58(85-63)52(74)47(72)39-66/h24,27,31,33-34,36,44-49,51-61,66-68,70-72,74-78H,4-23,25-26,28-30,32,35,37-42H2,1-3H3,(H,64,69)(H,65,73)(H,79,80)/b27-24-,33-31-,36-34+. The average Bonchev–Trinajstić information content (AvgIpc) is 1.67. The van der Waals surface area contributed by atoms with Crippen molar-refractivity contribution in [1.29, 1.82) is 0 Å². The molecule has 23 nitrogen and oxygen atoms in total. The van der Waals surface area contributed by atoms with Gasteiger partial charge in [-0.2, -0.15) is 0 Å². The molecule has 0 spiro atoms. The summed E-state index contributed by atoms with van der Waals surface area (Å²) < 4.78 is 34.7. The predicted molar refractivity (Wildman–Crippen MR) is 320 cm³/mol. The largest absolute Gasteiger partial charge is 0.477 e. The van der Waals surface area contributed by atoms with Gasteiger partial charge >= 0.3 is 5.97 Å². The van der Waals surface area contributed by atoms with E-state index in [0.29, 0.717) is 12.8 Å². The van der Waals surface area contributed by atoms with E-state index < -0.39 is 155 Å². The van der Waals surface area contributed by atoms with E-state index in [0.717, 1.165) is 45.4 Å². The number of unbranched alkanes of at least 4 members (excludes halogenated alkanes) is 23. The Morgan fingerprint density at radius 1 is 0.616 bits per heavy atom. The zero-order valence-electron chi connectivity index (χ0n) is 51.7. The first-order valence-corrected chi connectivity index (χ1v) is 32.4. The number of carbonyl (C=O) groups excluding carboxylic acids is 2. The van der Waals surface area contributed by atoms with Crippen LogP contribution in [0.15, 0.2) is 36.5 Å². The Labute approximate surface area is 510 Å². The van der Waals surface area contributed by atoms with Crippen molar-refractivity contribution in [2.24, 2.45) is 0 Å². The van der Waals surface area contributed by atoms with E-state index in [9.17, 15) is 75.7 Å². The van der Waals surface area contributed by atoms with E-state index in [1.54, 1.807) is 6.08 Å². The monoisotopic (exact) mass is 1230 g/mol. The van der Waals surface area contributed by atoms with Gasteiger partial charge in [0.1, 0.15) is 67.1 Å². The van der Waals surface area contributed by atoms with Crippen LogP contribution < -0.4 is 10.6 Å². The molecule has 0 saturated carbocycles. The molecule has 18 unspecified atom stereocenters. The van der Waals surface area contributed by atoms with E-state index in [-0.39, 0.29) is 12.3 Å². The van der Waals surface area contributed by atoms with Crippen molar-refractivity contribution in [2.75, 3.05) is 26.4 Å². The maximum absolute atomic E-state index is 13.3. The molecule has 23 heteroatoms. The summed E-state index contributed by atoms with van der Waals surface area (Å²) >= 11 is 0. The number of aliphatic carboxylic acids is 1. The van der Waals surface area contributed by atoms with E-state index >= 15 is 0 Å². The van der Waals surface area contributed by atoms with Crippen LogP contribution in [0.25, 0.3) is 0 Å².